The number of hydrogen-bond donors (Lipinski definition) is 2. The smallest absolute Gasteiger partial charge is 0.0690 e. The first kappa shape index (κ1) is 8.71. The van der Waals surface area contributed by atoms with Gasteiger partial charge in [0, 0.05) is 10.4 Å². The van der Waals surface area contributed by atoms with Gasteiger partial charge in [0.1, 0.15) is 0 Å². The van der Waals surface area contributed by atoms with Crippen LogP contribution in [-0.4, -0.2) is 5.11 Å². The summed E-state index contributed by atoms with van der Waals surface area (Å²) in [4.78, 5) is 1.11. The Balaban J connectivity index is 2.89. The predicted molar refractivity (Wildman–Crippen MR) is 47.5 cm³/mol. The van der Waals surface area contributed by atoms with Crippen LogP contribution in [0.4, 0.5) is 0 Å². The minimum Gasteiger partial charge on any atom is -0.392 e. The molecule has 0 bridgehead atoms. The summed E-state index contributed by atoms with van der Waals surface area (Å²) in [6.45, 7) is 4.02. The Kier molecular flexibility index (Phi) is 2.32. The van der Waals surface area contributed by atoms with Crippen LogP contribution in [0.25, 0.3) is 0 Å². The van der Waals surface area contributed by atoms with Crippen molar-refractivity contribution in [1.29, 1.82) is 0 Å². The highest BCUT2D eigenvalue weighted by atomic mass is 32.1. The number of rotatable bonds is 2. The van der Waals surface area contributed by atoms with Crippen LogP contribution in [0.2, 0.25) is 0 Å². The molecular weight excluding hydrogens is 158 g/mol. The maximum Gasteiger partial charge on any atom is 0.0690 e. The fourth-order valence-corrected chi connectivity index (χ4v) is 1.74. The van der Waals surface area contributed by atoms with E-state index < -0.39 is 0 Å². The average molecular weight is 171 g/mol. The molecule has 1 rings (SSSR count). The zero-order chi connectivity index (χ0) is 8.48. The van der Waals surface area contributed by atoms with Gasteiger partial charge >= 0.3 is 0 Å². The summed E-state index contributed by atoms with van der Waals surface area (Å²) in [5.41, 5.74) is 6.52. The quantitative estimate of drug-likeness (QED) is 0.707. The Hall–Kier alpha value is -0.380. The van der Waals surface area contributed by atoms with Crippen LogP contribution < -0.4 is 5.73 Å². The van der Waals surface area contributed by atoms with Gasteiger partial charge in [0.05, 0.1) is 6.61 Å². The van der Waals surface area contributed by atoms with Crippen molar-refractivity contribution in [2.45, 2.75) is 26.0 Å². The second kappa shape index (κ2) is 2.93. The molecule has 1 aromatic rings. The van der Waals surface area contributed by atoms with Crippen molar-refractivity contribution >= 4 is 11.3 Å². The molecule has 1 aromatic heterocycles. The first-order valence-corrected chi connectivity index (χ1v) is 4.39. The van der Waals surface area contributed by atoms with Crippen LogP contribution in [-0.2, 0) is 12.1 Å². The second-order valence-electron chi connectivity index (χ2n) is 3.20. The van der Waals surface area contributed by atoms with E-state index in [2.05, 4.69) is 0 Å². The first-order chi connectivity index (χ1) is 5.04. The maximum atomic E-state index is 8.78. The third-order valence-electron chi connectivity index (χ3n) is 1.47. The average Bonchev–Trinajstić information content (AvgIpc) is 2.32. The van der Waals surface area contributed by atoms with Gasteiger partial charge in [-0.3, -0.25) is 0 Å². The number of hydrogen-bond acceptors (Lipinski definition) is 3. The Bertz CT molecular complexity index is 236. The summed E-state index contributed by atoms with van der Waals surface area (Å²) in [5.74, 6) is 0. The molecule has 2 nitrogen and oxygen atoms in total. The number of thiophene rings is 1. The molecule has 1 heterocycles. The van der Waals surface area contributed by atoms with E-state index >= 15 is 0 Å². The van der Waals surface area contributed by atoms with Crippen molar-refractivity contribution < 1.29 is 5.11 Å². The van der Waals surface area contributed by atoms with E-state index in [0.29, 0.717) is 0 Å². The Morgan fingerprint density at radius 2 is 2.27 bits per heavy atom. The molecule has 0 aliphatic rings. The molecule has 0 saturated carbocycles. The SMILES string of the molecule is CC(C)(N)c1cc(CO)cs1. The van der Waals surface area contributed by atoms with E-state index in [-0.39, 0.29) is 12.1 Å². The van der Waals surface area contributed by atoms with Crippen LogP contribution in [0.5, 0.6) is 0 Å². The van der Waals surface area contributed by atoms with E-state index in [1.54, 1.807) is 11.3 Å². The monoisotopic (exact) mass is 171 g/mol. The minimum atomic E-state index is -0.280. The summed E-state index contributed by atoms with van der Waals surface area (Å²) >= 11 is 1.60. The van der Waals surface area contributed by atoms with Crippen molar-refractivity contribution in [1.82, 2.24) is 0 Å². The molecule has 3 heteroatoms. The molecule has 3 N–H and O–H groups in total. The topological polar surface area (TPSA) is 46.2 Å². The van der Waals surface area contributed by atoms with Crippen molar-refractivity contribution in [2.75, 3.05) is 0 Å². The molecule has 0 saturated heterocycles. The molecule has 0 fully saturated rings. The first-order valence-electron chi connectivity index (χ1n) is 3.51. The van der Waals surface area contributed by atoms with Gasteiger partial charge in [0.2, 0.25) is 0 Å². The summed E-state index contributed by atoms with van der Waals surface area (Å²) in [6, 6.07) is 1.95. The standard InChI is InChI=1S/C8H13NOS/c1-8(2,9)7-3-6(4-10)5-11-7/h3,5,10H,4,9H2,1-2H3. The van der Waals surface area contributed by atoms with Crippen molar-refractivity contribution in [3.8, 4) is 0 Å². The van der Waals surface area contributed by atoms with Gasteiger partial charge in [-0.25, -0.2) is 0 Å². The third kappa shape index (κ3) is 2.02. The van der Waals surface area contributed by atoms with Crippen LogP contribution in [0, 0.1) is 0 Å². The lowest BCUT2D eigenvalue weighted by Crippen LogP contribution is -2.27. The fourth-order valence-electron chi connectivity index (χ4n) is 0.796. The normalized spacial score (nSPS) is 12.0. The van der Waals surface area contributed by atoms with Crippen LogP contribution >= 0.6 is 11.3 Å². The molecule has 0 atom stereocenters. The molecule has 0 radical (unpaired) electrons. The van der Waals surface area contributed by atoms with Crippen molar-refractivity contribution in [2.24, 2.45) is 5.73 Å². The molecule has 62 valence electrons. The molecule has 0 aromatic carbocycles. The molecular formula is C8H13NOS. The highest BCUT2D eigenvalue weighted by molar-refractivity contribution is 7.10. The summed E-state index contributed by atoms with van der Waals surface area (Å²) in [5, 5.41) is 10.7. The number of aliphatic hydroxyl groups is 1. The van der Waals surface area contributed by atoms with Crippen LogP contribution in [0.1, 0.15) is 24.3 Å². The van der Waals surface area contributed by atoms with E-state index in [1.807, 2.05) is 25.3 Å². The fraction of sp³-hybridized carbons (Fsp3) is 0.500. The van der Waals surface area contributed by atoms with Gasteiger partial charge in [-0.05, 0) is 30.9 Å². The lowest BCUT2D eigenvalue weighted by atomic mass is 10.0. The van der Waals surface area contributed by atoms with Crippen LogP contribution in [0.3, 0.4) is 0 Å². The van der Waals surface area contributed by atoms with Gasteiger partial charge in [0.15, 0.2) is 0 Å². The second-order valence-corrected chi connectivity index (χ2v) is 4.11. The third-order valence-corrected chi connectivity index (χ3v) is 2.79. The van der Waals surface area contributed by atoms with Gasteiger partial charge in [-0.1, -0.05) is 0 Å². The van der Waals surface area contributed by atoms with Crippen molar-refractivity contribution in [3.63, 3.8) is 0 Å². The summed E-state index contributed by atoms with van der Waals surface area (Å²) in [7, 11) is 0. The lowest BCUT2D eigenvalue weighted by Gasteiger charge is -2.15. The highest BCUT2D eigenvalue weighted by Crippen LogP contribution is 2.24. The van der Waals surface area contributed by atoms with Gasteiger partial charge < -0.3 is 10.8 Å². The summed E-state index contributed by atoms with van der Waals surface area (Å²) < 4.78 is 0. The molecule has 0 spiro atoms. The minimum absolute atomic E-state index is 0.104. The number of aliphatic hydroxyl groups excluding tert-OH is 1. The van der Waals surface area contributed by atoms with E-state index in [9.17, 15) is 0 Å². The highest BCUT2D eigenvalue weighted by Gasteiger charge is 2.15. The molecule has 11 heavy (non-hydrogen) atoms. The van der Waals surface area contributed by atoms with Crippen LogP contribution in [0.15, 0.2) is 11.4 Å². The summed E-state index contributed by atoms with van der Waals surface area (Å²) in [6.07, 6.45) is 0. The molecule has 0 amide bonds. The molecule has 0 aliphatic heterocycles. The largest absolute Gasteiger partial charge is 0.392 e. The Morgan fingerprint density at radius 1 is 1.64 bits per heavy atom. The zero-order valence-electron chi connectivity index (χ0n) is 6.79. The van der Waals surface area contributed by atoms with E-state index in [4.69, 9.17) is 10.8 Å². The van der Waals surface area contributed by atoms with Gasteiger partial charge in [0.25, 0.3) is 0 Å². The lowest BCUT2D eigenvalue weighted by molar-refractivity contribution is 0.282. The Labute approximate surface area is 70.7 Å². The molecule has 0 unspecified atom stereocenters. The van der Waals surface area contributed by atoms with Gasteiger partial charge in [-0.2, -0.15) is 0 Å². The van der Waals surface area contributed by atoms with Crippen molar-refractivity contribution in [3.05, 3.63) is 21.9 Å². The molecule has 0 aliphatic carbocycles. The van der Waals surface area contributed by atoms with Gasteiger partial charge in [-0.15, -0.1) is 11.3 Å². The van der Waals surface area contributed by atoms with E-state index in [0.717, 1.165) is 10.4 Å². The Morgan fingerprint density at radius 3 is 2.55 bits per heavy atom. The maximum absolute atomic E-state index is 8.78. The predicted octanol–water partition coefficient (Wildman–Crippen LogP) is 1.43. The number of nitrogens with two attached hydrogens (primary N) is 1. The zero-order valence-corrected chi connectivity index (χ0v) is 7.61. The van der Waals surface area contributed by atoms with E-state index in [1.165, 1.54) is 0 Å².